The lowest BCUT2D eigenvalue weighted by Gasteiger charge is -2.21. The summed E-state index contributed by atoms with van der Waals surface area (Å²) in [6.07, 6.45) is 6.00. The Bertz CT molecular complexity index is 628. The van der Waals surface area contributed by atoms with Crippen molar-refractivity contribution in [1.29, 1.82) is 0 Å². The minimum absolute atomic E-state index is 0.0290. The van der Waals surface area contributed by atoms with Gasteiger partial charge in [-0.15, -0.1) is 0 Å². The Morgan fingerprint density at radius 1 is 1.50 bits per heavy atom. The van der Waals surface area contributed by atoms with Gasteiger partial charge in [-0.3, -0.25) is 4.79 Å². The fourth-order valence-corrected chi connectivity index (χ4v) is 2.43. The first-order valence-electron chi connectivity index (χ1n) is 7.28. The molecule has 0 radical (unpaired) electrons. The second-order valence-corrected chi connectivity index (χ2v) is 5.93. The zero-order valence-electron chi connectivity index (χ0n) is 12.0. The van der Waals surface area contributed by atoms with E-state index in [1.807, 2.05) is 32.2 Å². The van der Waals surface area contributed by atoms with Gasteiger partial charge in [-0.1, -0.05) is 20.3 Å². The first kappa shape index (κ1) is 13.1. The lowest BCUT2D eigenvalue weighted by molar-refractivity contribution is -0.116. The average molecular weight is 272 g/mol. The van der Waals surface area contributed by atoms with Crippen molar-refractivity contribution < 1.29 is 4.79 Å². The van der Waals surface area contributed by atoms with E-state index in [-0.39, 0.29) is 5.91 Å². The van der Waals surface area contributed by atoms with Gasteiger partial charge in [0.05, 0.1) is 5.69 Å². The van der Waals surface area contributed by atoms with E-state index in [2.05, 4.69) is 15.4 Å². The van der Waals surface area contributed by atoms with Crippen LogP contribution in [0.5, 0.6) is 0 Å². The van der Waals surface area contributed by atoms with Gasteiger partial charge in [0, 0.05) is 18.5 Å². The van der Waals surface area contributed by atoms with Crippen molar-refractivity contribution in [3.63, 3.8) is 0 Å². The van der Waals surface area contributed by atoms with E-state index in [1.165, 1.54) is 19.3 Å². The van der Waals surface area contributed by atoms with Gasteiger partial charge < -0.3 is 5.32 Å². The third-order valence-electron chi connectivity index (χ3n) is 3.72. The van der Waals surface area contributed by atoms with Crippen LogP contribution in [-0.2, 0) is 4.79 Å². The molecule has 5 heteroatoms. The number of nitrogens with zero attached hydrogens (tertiary/aromatic N) is 3. The van der Waals surface area contributed by atoms with Crippen LogP contribution >= 0.6 is 0 Å². The molecule has 1 N–H and O–H groups in total. The summed E-state index contributed by atoms with van der Waals surface area (Å²) in [5, 5.41) is 7.46. The van der Waals surface area contributed by atoms with Gasteiger partial charge in [0.15, 0.2) is 11.5 Å². The minimum atomic E-state index is 0.0290. The van der Waals surface area contributed by atoms with Crippen molar-refractivity contribution in [2.75, 3.05) is 5.32 Å². The quantitative estimate of drug-likeness (QED) is 0.930. The summed E-state index contributed by atoms with van der Waals surface area (Å²) in [5.41, 5.74) is 1.49. The molecule has 2 heterocycles. The second kappa shape index (κ2) is 5.23. The molecule has 0 atom stereocenters. The zero-order valence-corrected chi connectivity index (χ0v) is 12.0. The number of amides is 1. The van der Waals surface area contributed by atoms with Crippen molar-refractivity contribution >= 4 is 17.2 Å². The minimum Gasteiger partial charge on any atom is -0.323 e. The summed E-state index contributed by atoms with van der Waals surface area (Å²) in [5.74, 6) is 1.77. The molecule has 0 bridgehead atoms. The second-order valence-electron chi connectivity index (χ2n) is 5.93. The summed E-state index contributed by atoms with van der Waals surface area (Å²) in [6.45, 7) is 4.07. The van der Waals surface area contributed by atoms with Gasteiger partial charge in [0.25, 0.3) is 0 Å². The lowest BCUT2D eigenvalue weighted by atomic mass is 9.85. The van der Waals surface area contributed by atoms with Gasteiger partial charge in [0.2, 0.25) is 5.91 Å². The zero-order chi connectivity index (χ0) is 14.1. The maximum absolute atomic E-state index is 11.9. The summed E-state index contributed by atoms with van der Waals surface area (Å²) in [6, 6.07) is 3.77. The summed E-state index contributed by atoms with van der Waals surface area (Å²) >= 11 is 0. The van der Waals surface area contributed by atoms with Crippen LogP contribution in [0.25, 0.3) is 5.65 Å². The predicted molar refractivity (Wildman–Crippen MR) is 77.7 cm³/mol. The number of hydrogen-bond acceptors (Lipinski definition) is 3. The molecule has 0 unspecified atom stereocenters. The molecule has 3 rings (SSSR count). The normalized spacial score (nSPS) is 15.6. The van der Waals surface area contributed by atoms with Crippen molar-refractivity contribution in [3.05, 3.63) is 24.2 Å². The highest BCUT2D eigenvalue weighted by molar-refractivity contribution is 5.94. The van der Waals surface area contributed by atoms with Crippen molar-refractivity contribution in [3.8, 4) is 0 Å². The average Bonchev–Trinajstić information content (AvgIpc) is 2.69. The first-order chi connectivity index (χ1) is 9.63. The highest BCUT2D eigenvalue weighted by Gasteiger charge is 2.24. The van der Waals surface area contributed by atoms with E-state index in [0.717, 1.165) is 17.2 Å². The molecular formula is C15H20N4O. The van der Waals surface area contributed by atoms with Gasteiger partial charge in [-0.25, -0.2) is 9.50 Å². The molecule has 0 aliphatic heterocycles. The summed E-state index contributed by atoms with van der Waals surface area (Å²) < 4.78 is 1.76. The number of hydrogen-bond donors (Lipinski definition) is 1. The van der Waals surface area contributed by atoms with Crippen LogP contribution in [0.2, 0.25) is 0 Å². The van der Waals surface area contributed by atoms with E-state index in [0.29, 0.717) is 18.3 Å². The maximum atomic E-state index is 11.9. The molecule has 1 aliphatic rings. The Morgan fingerprint density at radius 2 is 2.30 bits per heavy atom. The summed E-state index contributed by atoms with van der Waals surface area (Å²) in [4.78, 5) is 16.5. The van der Waals surface area contributed by atoms with Crippen LogP contribution in [0, 0.1) is 5.92 Å². The van der Waals surface area contributed by atoms with E-state index in [9.17, 15) is 4.79 Å². The number of anilines is 1. The van der Waals surface area contributed by atoms with Crippen LogP contribution in [0.3, 0.4) is 0 Å². The first-order valence-corrected chi connectivity index (χ1v) is 7.28. The number of aromatic nitrogens is 3. The highest BCUT2D eigenvalue weighted by Crippen LogP contribution is 2.35. The highest BCUT2D eigenvalue weighted by atomic mass is 16.1. The molecule has 20 heavy (non-hydrogen) atoms. The van der Waals surface area contributed by atoms with Gasteiger partial charge in [-0.2, -0.15) is 5.10 Å². The molecule has 1 saturated carbocycles. The smallest absolute Gasteiger partial charge is 0.224 e. The standard InChI is InChI=1S/C15H20N4O/c1-10(2)9-13(20)16-12-7-4-8-19-15(12)17-14(18-19)11-5-3-6-11/h4,7-8,10-11H,3,5-6,9H2,1-2H3,(H,16,20). The molecule has 1 aliphatic carbocycles. The number of nitrogens with one attached hydrogen (secondary N) is 1. The topological polar surface area (TPSA) is 59.3 Å². The monoisotopic (exact) mass is 272 g/mol. The van der Waals surface area contributed by atoms with E-state index < -0.39 is 0 Å². The fourth-order valence-electron chi connectivity index (χ4n) is 2.43. The Hall–Kier alpha value is -1.91. The molecule has 0 saturated heterocycles. The van der Waals surface area contributed by atoms with Gasteiger partial charge in [0.1, 0.15) is 0 Å². The Labute approximate surface area is 118 Å². The molecule has 2 aromatic heterocycles. The molecule has 2 aromatic rings. The van der Waals surface area contributed by atoms with E-state index >= 15 is 0 Å². The predicted octanol–water partition coefficient (Wildman–Crippen LogP) is 2.98. The largest absolute Gasteiger partial charge is 0.323 e. The molecule has 5 nitrogen and oxygen atoms in total. The van der Waals surface area contributed by atoms with Gasteiger partial charge >= 0.3 is 0 Å². The third kappa shape index (κ3) is 2.53. The SMILES string of the molecule is CC(C)CC(=O)Nc1cccn2nc(C3CCC3)nc12. The van der Waals surface area contributed by atoms with E-state index in [1.54, 1.807) is 4.52 Å². The number of fused-ring (bicyclic) bond motifs is 1. The lowest BCUT2D eigenvalue weighted by Crippen LogP contribution is -2.14. The van der Waals surface area contributed by atoms with Crippen LogP contribution in [0.15, 0.2) is 18.3 Å². The third-order valence-corrected chi connectivity index (χ3v) is 3.72. The Morgan fingerprint density at radius 3 is 2.95 bits per heavy atom. The van der Waals surface area contributed by atoms with Crippen LogP contribution in [-0.4, -0.2) is 20.5 Å². The molecular weight excluding hydrogens is 252 g/mol. The van der Waals surface area contributed by atoms with Gasteiger partial charge in [-0.05, 0) is 30.9 Å². The number of rotatable bonds is 4. The van der Waals surface area contributed by atoms with Crippen LogP contribution in [0.1, 0.15) is 51.3 Å². The van der Waals surface area contributed by atoms with Crippen molar-refractivity contribution in [2.24, 2.45) is 5.92 Å². The van der Waals surface area contributed by atoms with Crippen molar-refractivity contribution in [1.82, 2.24) is 14.6 Å². The Kier molecular flexibility index (Phi) is 3.42. The number of carbonyl (C=O) groups is 1. The van der Waals surface area contributed by atoms with E-state index in [4.69, 9.17) is 0 Å². The summed E-state index contributed by atoms with van der Waals surface area (Å²) in [7, 11) is 0. The molecule has 1 amide bonds. The number of carbonyl (C=O) groups excluding carboxylic acids is 1. The number of pyridine rings is 1. The maximum Gasteiger partial charge on any atom is 0.224 e. The Balaban J connectivity index is 1.86. The fraction of sp³-hybridized carbons (Fsp3) is 0.533. The van der Waals surface area contributed by atoms with Crippen molar-refractivity contribution in [2.45, 2.75) is 45.4 Å². The molecule has 0 aromatic carbocycles. The molecule has 0 spiro atoms. The van der Waals surface area contributed by atoms with Crippen LogP contribution < -0.4 is 5.32 Å². The molecule has 106 valence electrons. The molecule has 1 fully saturated rings. The van der Waals surface area contributed by atoms with Crippen LogP contribution in [0.4, 0.5) is 5.69 Å².